The summed E-state index contributed by atoms with van der Waals surface area (Å²) in [6.45, 7) is 11.0. The van der Waals surface area contributed by atoms with Crippen LogP contribution in [0.15, 0.2) is 83.9 Å². The molecule has 0 bridgehead atoms. The molecule has 204 valence electrons. The molecule has 0 saturated carbocycles. The summed E-state index contributed by atoms with van der Waals surface area (Å²) in [5.41, 5.74) is 6.26. The molecule has 5 rings (SSSR count). The van der Waals surface area contributed by atoms with Crippen molar-refractivity contribution >= 4 is 38.5 Å². The van der Waals surface area contributed by atoms with Gasteiger partial charge in [0.05, 0.1) is 10.4 Å². The van der Waals surface area contributed by atoms with Crippen molar-refractivity contribution in [2.24, 2.45) is 5.92 Å². The Labute approximate surface area is 233 Å². The predicted octanol–water partition coefficient (Wildman–Crippen LogP) is 7.73. The Morgan fingerprint density at radius 3 is 2.51 bits per heavy atom. The van der Waals surface area contributed by atoms with Crippen LogP contribution >= 0.6 is 10.6 Å². The Balaban J connectivity index is 1.49. The van der Waals surface area contributed by atoms with Gasteiger partial charge in [0.25, 0.3) is 5.91 Å². The minimum Gasteiger partial charge on any atom is -0.350 e. The SMILES string of the molecule is CC(C)NC(=O)/C(=C/C1C=CC=C(c2cc(C(C)(C)C)cc3cccnc23)C1)c1ccc(S2(C)OCO2)cc1. The number of fused-ring (bicyclic) bond motifs is 1. The van der Waals surface area contributed by atoms with Crippen molar-refractivity contribution in [1.82, 2.24) is 10.3 Å². The Hall–Kier alpha value is -3.19. The molecule has 3 aromatic rings. The van der Waals surface area contributed by atoms with Gasteiger partial charge in [-0.2, -0.15) is 10.6 Å². The third-order valence-electron chi connectivity index (χ3n) is 7.21. The molecule has 1 aliphatic carbocycles. The molecule has 1 saturated heterocycles. The minimum absolute atomic E-state index is 0.0196. The highest BCUT2D eigenvalue weighted by Gasteiger charge is 2.28. The monoisotopic (exact) mass is 542 g/mol. The molecule has 2 heterocycles. The fraction of sp³-hybridized carbons (Fsp3) is 0.333. The van der Waals surface area contributed by atoms with Crippen LogP contribution in [0.25, 0.3) is 22.0 Å². The van der Waals surface area contributed by atoms with Crippen LogP contribution in [0.2, 0.25) is 0 Å². The summed E-state index contributed by atoms with van der Waals surface area (Å²) in [6.07, 6.45) is 13.2. The molecule has 1 aliphatic heterocycles. The second-order valence-electron chi connectivity index (χ2n) is 11.7. The molecule has 2 aromatic carbocycles. The van der Waals surface area contributed by atoms with E-state index in [2.05, 4.69) is 68.6 Å². The maximum Gasteiger partial charge on any atom is 0.251 e. The van der Waals surface area contributed by atoms with E-state index >= 15 is 0 Å². The molecule has 1 amide bonds. The first kappa shape index (κ1) is 27.4. The average molecular weight is 543 g/mol. The third kappa shape index (κ3) is 5.88. The van der Waals surface area contributed by atoms with Gasteiger partial charge in [-0.05, 0) is 72.7 Å². The number of nitrogens with one attached hydrogen (secondary N) is 1. The van der Waals surface area contributed by atoms with Gasteiger partial charge in [0, 0.05) is 40.9 Å². The summed E-state index contributed by atoms with van der Waals surface area (Å²) >= 11 is 0. The molecule has 0 spiro atoms. The molecule has 2 aliphatic rings. The largest absolute Gasteiger partial charge is 0.350 e. The minimum atomic E-state index is -1.64. The van der Waals surface area contributed by atoms with Gasteiger partial charge in [-0.1, -0.05) is 63.3 Å². The topological polar surface area (TPSA) is 60.5 Å². The number of carbonyl (C=O) groups excluding carboxylic acids is 1. The van der Waals surface area contributed by atoms with E-state index in [4.69, 9.17) is 13.4 Å². The highest BCUT2D eigenvalue weighted by atomic mass is 32.3. The second-order valence-corrected chi connectivity index (χ2v) is 14.1. The summed E-state index contributed by atoms with van der Waals surface area (Å²) in [4.78, 5) is 19.2. The lowest BCUT2D eigenvalue weighted by atomic mass is 9.81. The number of benzene rings is 2. The van der Waals surface area contributed by atoms with E-state index < -0.39 is 10.6 Å². The number of nitrogens with zero attached hydrogens (tertiary/aromatic N) is 1. The number of hydrogen-bond donors (Lipinski definition) is 1. The summed E-state index contributed by atoms with van der Waals surface area (Å²) < 4.78 is 11.4. The highest BCUT2D eigenvalue weighted by Crippen LogP contribution is 2.60. The molecule has 1 aromatic heterocycles. The first-order valence-electron chi connectivity index (χ1n) is 13.5. The Morgan fingerprint density at radius 2 is 1.87 bits per heavy atom. The van der Waals surface area contributed by atoms with Gasteiger partial charge in [-0.25, -0.2) is 8.37 Å². The number of amides is 1. The molecule has 39 heavy (non-hydrogen) atoms. The molecule has 0 radical (unpaired) electrons. The van der Waals surface area contributed by atoms with E-state index in [1.54, 1.807) is 0 Å². The predicted molar refractivity (Wildman–Crippen MR) is 162 cm³/mol. The van der Waals surface area contributed by atoms with Crippen molar-refractivity contribution in [2.75, 3.05) is 13.0 Å². The zero-order valence-corrected chi connectivity index (χ0v) is 24.5. The number of allylic oxidation sites excluding steroid dienone is 5. The van der Waals surface area contributed by atoms with E-state index in [9.17, 15) is 4.79 Å². The van der Waals surface area contributed by atoms with Gasteiger partial charge in [0.2, 0.25) is 0 Å². The number of aromatic nitrogens is 1. The lowest BCUT2D eigenvalue weighted by molar-refractivity contribution is -0.116. The second kappa shape index (κ2) is 10.8. The summed E-state index contributed by atoms with van der Waals surface area (Å²) in [7, 11) is -1.64. The maximum absolute atomic E-state index is 13.4. The van der Waals surface area contributed by atoms with Crippen molar-refractivity contribution < 1.29 is 13.2 Å². The molecule has 1 fully saturated rings. The Kier molecular flexibility index (Phi) is 7.55. The van der Waals surface area contributed by atoms with E-state index in [1.165, 1.54) is 11.1 Å². The Morgan fingerprint density at radius 1 is 1.13 bits per heavy atom. The van der Waals surface area contributed by atoms with Gasteiger partial charge in [-0.15, -0.1) is 0 Å². The fourth-order valence-electron chi connectivity index (χ4n) is 4.96. The van der Waals surface area contributed by atoms with Crippen LogP contribution in [0.3, 0.4) is 0 Å². The van der Waals surface area contributed by atoms with Crippen molar-refractivity contribution in [3.8, 4) is 0 Å². The normalized spacial score (nSPS) is 19.9. The number of hydrogen-bond acceptors (Lipinski definition) is 4. The van der Waals surface area contributed by atoms with Gasteiger partial charge in [0.1, 0.15) is 0 Å². The summed E-state index contributed by atoms with van der Waals surface area (Å²) in [5.74, 6) is -0.00473. The number of rotatable bonds is 6. The number of carbonyl (C=O) groups is 1. The van der Waals surface area contributed by atoms with Crippen molar-refractivity contribution in [3.05, 3.63) is 95.7 Å². The highest BCUT2D eigenvalue weighted by molar-refractivity contribution is 8.26. The molecule has 1 unspecified atom stereocenters. The van der Waals surface area contributed by atoms with Crippen molar-refractivity contribution in [3.63, 3.8) is 0 Å². The van der Waals surface area contributed by atoms with Crippen LogP contribution < -0.4 is 5.32 Å². The third-order valence-corrected chi connectivity index (χ3v) is 9.43. The standard InChI is InChI=1S/C33H38N2O3S/c1-22(2)35-32(36)30(24-12-14-28(15-13-24)39(6)37-21-38-39)18-23-9-7-10-25(17-23)29-20-27(33(3,4)5)19-26-11-8-16-34-31(26)29/h7-16,18-20,22-23H,17,21H2,1-6H3,(H,35,36)/b30-18+. The van der Waals surface area contributed by atoms with Gasteiger partial charge < -0.3 is 5.32 Å². The van der Waals surface area contributed by atoms with E-state index in [1.807, 2.05) is 56.6 Å². The molecule has 5 nitrogen and oxygen atoms in total. The van der Waals surface area contributed by atoms with Crippen LogP contribution in [0, 0.1) is 5.92 Å². The Bertz CT molecular complexity index is 1480. The fourth-order valence-corrected chi connectivity index (χ4v) is 6.24. The van der Waals surface area contributed by atoms with Gasteiger partial charge >= 0.3 is 0 Å². The van der Waals surface area contributed by atoms with Crippen LogP contribution in [0.4, 0.5) is 0 Å². The molecule has 1 N–H and O–H groups in total. The lowest BCUT2D eigenvalue weighted by Gasteiger charge is -2.46. The molecule has 6 heteroatoms. The molecule has 1 atom stereocenters. The zero-order chi connectivity index (χ0) is 27.8. The smallest absolute Gasteiger partial charge is 0.251 e. The van der Waals surface area contributed by atoms with Crippen molar-refractivity contribution in [2.45, 2.75) is 57.4 Å². The van der Waals surface area contributed by atoms with E-state index in [0.717, 1.165) is 33.3 Å². The lowest BCUT2D eigenvalue weighted by Crippen LogP contribution is -2.31. The summed E-state index contributed by atoms with van der Waals surface area (Å²) in [6, 6.07) is 16.7. The first-order chi connectivity index (χ1) is 18.5. The van der Waals surface area contributed by atoms with Crippen molar-refractivity contribution in [1.29, 1.82) is 0 Å². The quantitative estimate of drug-likeness (QED) is 0.324. The van der Waals surface area contributed by atoms with Gasteiger partial charge in [-0.3, -0.25) is 9.78 Å². The first-order valence-corrected chi connectivity index (χ1v) is 15.4. The van der Waals surface area contributed by atoms with Crippen LogP contribution in [-0.4, -0.2) is 30.0 Å². The summed E-state index contributed by atoms with van der Waals surface area (Å²) in [5, 5.41) is 4.24. The zero-order valence-electron chi connectivity index (χ0n) is 23.7. The average Bonchev–Trinajstić information content (AvgIpc) is 2.89. The van der Waals surface area contributed by atoms with Crippen LogP contribution in [0.1, 0.15) is 57.7 Å². The van der Waals surface area contributed by atoms with Gasteiger partial charge in [0.15, 0.2) is 6.79 Å². The van der Waals surface area contributed by atoms with Crippen LogP contribution in [0.5, 0.6) is 0 Å². The molecular weight excluding hydrogens is 504 g/mol. The number of pyridine rings is 1. The van der Waals surface area contributed by atoms with E-state index in [0.29, 0.717) is 12.4 Å². The molecular formula is C33H38N2O3S. The van der Waals surface area contributed by atoms with E-state index in [-0.39, 0.29) is 23.3 Å². The van der Waals surface area contributed by atoms with Crippen LogP contribution in [-0.2, 0) is 18.6 Å². The maximum atomic E-state index is 13.4.